The summed E-state index contributed by atoms with van der Waals surface area (Å²) in [5.41, 5.74) is 2.52. The minimum atomic E-state index is -4.02. The highest BCUT2D eigenvalue weighted by Gasteiger charge is 2.49. The van der Waals surface area contributed by atoms with Gasteiger partial charge in [0.2, 0.25) is 0 Å². The molecule has 4 bridgehead atoms. The maximum absolute atomic E-state index is 12.6. The van der Waals surface area contributed by atoms with Crippen LogP contribution in [0, 0.1) is 12.8 Å². The summed E-state index contributed by atoms with van der Waals surface area (Å²) in [6, 6.07) is 14.6. The van der Waals surface area contributed by atoms with E-state index in [0.717, 1.165) is 42.1 Å². The van der Waals surface area contributed by atoms with Crippen molar-refractivity contribution in [3.05, 3.63) is 65.9 Å². The Balaban J connectivity index is 0.000000195. The van der Waals surface area contributed by atoms with E-state index in [9.17, 15) is 18.0 Å². The Kier molecular flexibility index (Phi) is 6.25. The van der Waals surface area contributed by atoms with Crippen LogP contribution in [0.4, 0.5) is 0 Å². The van der Waals surface area contributed by atoms with Gasteiger partial charge in [-0.15, -0.1) is 0 Å². The molecule has 3 aromatic rings. The van der Waals surface area contributed by atoms with E-state index in [-0.39, 0.29) is 22.9 Å². The number of carbonyl (C=O) groups is 2. The minimum absolute atomic E-state index is 0.0356. The summed E-state index contributed by atoms with van der Waals surface area (Å²) in [6.07, 6.45) is 5.29. The molecule has 2 unspecified atom stereocenters. The maximum atomic E-state index is 12.6. The molecule has 8 nitrogen and oxygen atoms in total. The molecule has 35 heavy (non-hydrogen) atoms. The number of benzene rings is 2. The number of piperidine rings is 4. The normalized spacial score (nSPS) is 27.3. The summed E-state index contributed by atoms with van der Waals surface area (Å²) >= 11 is 0. The van der Waals surface area contributed by atoms with Crippen LogP contribution in [0.3, 0.4) is 0 Å². The molecular weight excluding hydrogens is 468 g/mol. The van der Waals surface area contributed by atoms with Gasteiger partial charge in [0.25, 0.3) is 10.1 Å². The third kappa shape index (κ3) is 4.89. The van der Waals surface area contributed by atoms with E-state index < -0.39 is 10.1 Å². The van der Waals surface area contributed by atoms with Gasteiger partial charge in [-0.3, -0.25) is 14.2 Å². The zero-order valence-corrected chi connectivity index (χ0v) is 20.2. The number of para-hydroxylation sites is 1. The number of nitrogens with one attached hydrogen (secondary N) is 1. The van der Waals surface area contributed by atoms with Crippen molar-refractivity contribution >= 4 is 32.8 Å². The number of aromatic amines is 1. The van der Waals surface area contributed by atoms with Gasteiger partial charge in [0.1, 0.15) is 11.9 Å². The van der Waals surface area contributed by atoms with E-state index in [1.165, 1.54) is 12.1 Å². The number of esters is 1. The fourth-order valence-electron chi connectivity index (χ4n) is 5.58. The Hall–Kier alpha value is -3.01. The molecule has 9 heteroatoms. The monoisotopic (exact) mass is 496 g/mol. The van der Waals surface area contributed by atoms with Gasteiger partial charge in [-0.2, -0.15) is 8.42 Å². The van der Waals surface area contributed by atoms with E-state index in [1.807, 2.05) is 31.2 Å². The Morgan fingerprint density at radius 2 is 1.69 bits per heavy atom. The van der Waals surface area contributed by atoms with Crippen LogP contribution < -0.4 is 0 Å². The third-order valence-corrected chi connectivity index (χ3v) is 8.18. The summed E-state index contributed by atoms with van der Waals surface area (Å²) in [6.45, 7) is 2.44. The molecule has 0 saturated carbocycles. The number of ketones is 1. The van der Waals surface area contributed by atoms with Gasteiger partial charge in [-0.1, -0.05) is 35.9 Å². The molecule has 7 rings (SSSR count). The van der Waals surface area contributed by atoms with Crippen molar-refractivity contribution in [2.75, 3.05) is 6.54 Å². The number of Topliss-reactive ketones (excluding diaryl/α,β-unsaturated/α-hetero) is 1. The molecule has 4 fully saturated rings. The van der Waals surface area contributed by atoms with Crippen molar-refractivity contribution in [1.82, 2.24) is 9.88 Å². The fraction of sp³-hybridized carbons (Fsp3) is 0.385. The summed E-state index contributed by atoms with van der Waals surface area (Å²) < 4.78 is 35.4. The first-order valence-corrected chi connectivity index (χ1v) is 13.2. The first kappa shape index (κ1) is 23.7. The number of rotatable bonds is 3. The van der Waals surface area contributed by atoms with Crippen LogP contribution >= 0.6 is 0 Å². The molecule has 1 aromatic heterocycles. The van der Waals surface area contributed by atoms with Gasteiger partial charge in [-0.05, 0) is 38.0 Å². The molecular formula is C26H28N2O6S. The number of aromatic nitrogens is 1. The molecule has 184 valence electrons. The molecule has 0 radical (unpaired) electrons. The van der Waals surface area contributed by atoms with Crippen LogP contribution in [-0.2, 0) is 19.6 Å². The predicted octanol–water partition coefficient (Wildman–Crippen LogP) is 3.76. The molecule has 0 spiro atoms. The molecule has 2 atom stereocenters. The lowest BCUT2D eigenvalue weighted by Crippen LogP contribution is -2.63. The number of hydrogen-bond donors (Lipinski definition) is 2. The average molecular weight is 497 g/mol. The second kappa shape index (κ2) is 9.22. The Morgan fingerprint density at radius 3 is 2.31 bits per heavy atom. The second-order valence-corrected chi connectivity index (χ2v) is 11.1. The lowest BCUT2D eigenvalue weighted by atomic mass is 9.72. The van der Waals surface area contributed by atoms with Crippen LogP contribution in [0.5, 0.6) is 0 Å². The summed E-state index contributed by atoms with van der Waals surface area (Å²) in [5.74, 6) is 0.403. The Morgan fingerprint density at radius 1 is 1.03 bits per heavy atom. The number of aryl methyl sites for hydroxylation is 1. The summed E-state index contributed by atoms with van der Waals surface area (Å²) in [5, 5.41) is 0.909. The molecule has 4 saturated heterocycles. The van der Waals surface area contributed by atoms with Gasteiger partial charge in [-0.25, -0.2) is 4.79 Å². The number of H-pyrrole nitrogens is 1. The lowest BCUT2D eigenvalue weighted by molar-refractivity contribution is -0.145. The standard InChI is InChI=1S/C19H20N2O3.C7H8O3S/c22-18-10-21-12-5-11(18)6-13(21)8-14(7-12)24-19(23)16-9-20-17-4-2-1-3-15(16)17;1-6-2-4-7(5-3-6)11(8,9)10/h1-4,9,11-14,20H,5-8,10H2;2-5H,1H3,(H,8,9,10). The molecule has 4 aliphatic rings. The van der Waals surface area contributed by atoms with Crippen molar-refractivity contribution in [2.45, 2.75) is 55.7 Å². The highest BCUT2D eigenvalue weighted by atomic mass is 32.2. The smallest absolute Gasteiger partial charge is 0.340 e. The van der Waals surface area contributed by atoms with E-state index >= 15 is 0 Å². The topological polar surface area (TPSA) is 117 Å². The Bertz CT molecular complexity index is 1350. The average Bonchev–Trinajstić information content (AvgIpc) is 3.24. The van der Waals surface area contributed by atoms with Gasteiger partial charge < -0.3 is 9.72 Å². The first-order valence-electron chi connectivity index (χ1n) is 11.8. The summed E-state index contributed by atoms with van der Waals surface area (Å²) in [4.78, 5) is 29.9. The van der Waals surface area contributed by atoms with E-state index in [1.54, 1.807) is 18.3 Å². The third-order valence-electron chi connectivity index (χ3n) is 7.32. The van der Waals surface area contributed by atoms with Gasteiger partial charge in [0.15, 0.2) is 0 Å². The zero-order valence-electron chi connectivity index (χ0n) is 19.4. The number of ether oxygens (including phenoxy) is 1. The van der Waals surface area contributed by atoms with Crippen molar-refractivity contribution in [1.29, 1.82) is 0 Å². The molecule has 0 amide bonds. The molecule has 0 aliphatic carbocycles. The van der Waals surface area contributed by atoms with Crippen LogP contribution in [0.15, 0.2) is 59.6 Å². The van der Waals surface area contributed by atoms with E-state index in [0.29, 0.717) is 30.0 Å². The molecule has 2 N–H and O–H groups in total. The highest BCUT2D eigenvalue weighted by molar-refractivity contribution is 7.85. The molecule has 5 heterocycles. The highest BCUT2D eigenvalue weighted by Crippen LogP contribution is 2.42. The molecule has 2 aromatic carbocycles. The molecule has 4 aliphatic heterocycles. The van der Waals surface area contributed by atoms with Crippen molar-refractivity contribution in [3.8, 4) is 0 Å². The predicted molar refractivity (Wildman–Crippen MR) is 130 cm³/mol. The van der Waals surface area contributed by atoms with Crippen LogP contribution in [0.25, 0.3) is 10.9 Å². The largest absolute Gasteiger partial charge is 0.459 e. The fourth-order valence-corrected chi connectivity index (χ4v) is 6.06. The number of fused-ring (bicyclic) bond motifs is 2. The van der Waals surface area contributed by atoms with Crippen molar-refractivity contribution < 1.29 is 27.3 Å². The van der Waals surface area contributed by atoms with Gasteiger partial charge >= 0.3 is 5.97 Å². The minimum Gasteiger partial charge on any atom is -0.459 e. The lowest BCUT2D eigenvalue weighted by Gasteiger charge is -2.54. The van der Waals surface area contributed by atoms with E-state index in [2.05, 4.69) is 9.88 Å². The second-order valence-electron chi connectivity index (χ2n) is 9.65. The summed E-state index contributed by atoms with van der Waals surface area (Å²) in [7, 11) is -4.02. The van der Waals surface area contributed by atoms with Crippen molar-refractivity contribution in [2.24, 2.45) is 5.92 Å². The van der Waals surface area contributed by atoms with Crippen LogP contribution in [0.2, 0.25) is 0 Å². The zero-order chi connectivity index (χ0) is 24.7. The van der Waals surface area contributed by atoms with Crippen molar-refractivity contribution in [3.63, 3.8) is 0 Å². The van der Waals surface area contributed by atoms with Gasteiger partial charge in [0, 0.05) is 47.9 Å². The number of carbonyl (C=O) groups excluding carboxylic acids is 2. The van der Waals surface area contributed by atoms with E-state index in [4.69, 9.17) is 9.29 Å². The maximum Gasteiger partial charge on any atom is 0.340 e. The number of hydrogen-bond acceptors (Lipinski definition) is 6. The van der Waals surface area contributed by atoms with Gasteiger partial charge in [0.05, 0.1) is 17.0 Å². The Labute approximate surface area is 204 Å². The quantitative estimate of drug-likeness (QED) is 0.419. The SMILES string of the molecule is Cc1ccc(S(=O)(=O)O)cc1.O=C(OC1CC2CC3CC(C1)N2CC3=O)c1c[nH]c2ccccc12. The first-order chi connectivity index (χ1) is 16.7. The van der Waals surface area contributed by atoms with Crippen LogP contribution in [0.1, 0.15) is 41.6 Å². The van der Waals surface area contributed by atoms with Crippen LogP contribution in [-0.4, -0.2) is 59.3 Å². The number of nitrogens with zero attached hydrogens (tertiary/aromatic N) is 1.